The fraction of sp³-hybridized carbons (Fsp3) is 0.625. The molecule has 1 fully saturated rings. The van der Waals surface area contributed by atoms with Crippen LogP contribution in [0.5, 0.6) is 0 Å². The fourth-order valence-electron chi connectivity index (χ4n) is 2.45. The third-order valence-corrected chi connectivity index (χ3v) is 6.47. The van der Waals surface area contributed by atoms with E-state index in [1.54, 1.807) is 18.2 Å². The van der Waals surface area contributed by atoms with Gasteiger partial charge in [0.25, 0.3) is 0 Å². The van der Waals surface area contributed by atoms with Crippen LogP contribution in [0.2, 0.25) is 0 Å². The van der Waals surface area contributed by atoms with E-state index >= 15 is 0 Å². The third-order valence-electron chi connectivity index (χ3n) is 4.58. The number of benzene rings is 1. The first-order valence-electron chi connectivity index (χ1n) is 7.73. The Kier molecular flexibility index (Phi) is 4.72. The summed E-state index contributed by atoms with van der Waals surface area (Å²) >= 11 is 0. The van der Waals surface area contributed by atoms with Gasteiger partial charge in [0.15, 0.2) is 9.84 Å². The number of hydrogen-bond donors (Lipinski definition) is 1. The highest BCUT2D eigenvalue weighted by molar-refractivity contribution is 7.91. The SMILES string of the molecule is Cc1ccc(S(=O)(=O)CC(C)O)cc1B1OC(C)(C)C(C)(C)O1. The fourth-order valence-corrected chi connectivity index (χ4v) is 3.86. The number of rotatable bonds is 4. The topological polar surface area (TPSA) is 72.8 Å². The standard InChI is InChI=1S/C16H25BO5S/c1-11-7-8-13(23(19,20)10-12(2)18)9-14(11)17-21-15(3,4)16(5,6)22-17/h7-9,12,18H,10H2,1-6H3. The van der Waals surface area contributed by atoms with Crippen LogP contribution in [0.4, 0.5) is 0 Å². The predicted molar refractivity (Wildman–Crippen MR) is 90.6 cm³/mol. The van der Waals surface area contributed by atoms with E-state index in [0.717, 1.165) is 5.56 Å². The van der Waals surface area contributed by atoms with E-state index < -0.39 is 34.3 Å². The van der Waals surface area contributed by atoms with E-state index in [9.17, 15) is 13.5 Å². The minimum atomic E-state index is -3.55. The normalized spacial score (nSPS) is 21.4. The molecule has 1 atom stereocenters. The van der Waals surface area contributed by atoms with Gasteiger partial charge < -0.3 is 14.4 Å². The average Bonchev–Trinajstić information content (AvgIpc) is 2.56. The monoisotopic (exact) mass is 340 g/mol. The Balaban J connectivity index is 2.40. The molecule has 0 aliphatic carbocycles. The molecule has 5 nitrogen and oxygen atoms in total. The highest BCUT2D eigenvalue weighted by Gasteiger charge is 2.52. The minimum Gasteiger partial charge on any atom is -0.399 e. The summed E-state index contributed by atoms with van der Waals surface area (Å²) in [5, 5.41) is 9.39. The third kappa shape index (κ3) is 3.63. The van der Waals surface area contributed by atoms with Gasteiger partial charge in [0.1, 0.15) is 0 Å². The lowest BCUT2D eigenvalue weighted by Gasteiger charge is -2.32. The van der Waals surface area contributed by atoms with Crippen molar-refractivity contribution in [1.82, 2.24) is 0 Å². The van der Waals surface area contributed by atoms with Gasteiger partial charge in [-0.05, 0) is 59.1 Å². The summed E-state index contributed by atoms with van der Waals surface area (Å²) in [5.74, 6) is -0.307. The molecule has 1 saturated heterocycles. The second-order valence-corrected chi connectivity index (χ2v) is 9.27. The Morgan fingerprint density at radius 1 is 1.17 bits per heavy atom. The summed E-state index contributed by atoms with van der Waals surface area (Å²) in [6.07, 6.45) is -0.915. The first kappa shape index (κ1) is 18.5. The molecule has 0 spiro atoms. The molecule has 128 valence electrons. The van der Waals surface area contributed by atoms with Crippen LogP contribution < -0.4 is 5.46 Å². The second kappa shape index (κ2) is 5.88. The Labute approximate surface area is 139 Å². The van der Waals surface area contributed by atoms with Crippen LogP contribution in [0, 0.1) is 6.92 Å². The summed E-state index contributed by atoms with van der Waals surface area (Å²) in [7, 11) is -4.16. The van der Waals surface area contributed by atoms with Crippen LogP contribution in [0.3, 0.4) is 0 Å². The molecule has 23 heavy (non-hydrogen) atoms. The molecule has 1 aliphatic heterocycles. The molecule has 1 aromatic carbocycles. The number of aliphatic hydroxyl groups is 1. The first-order chi connectivity index (χ1) is 10.4. The minimum absolute atomic E-state index is 0.175. The van der Waals surface area contributed by atoms with Gasteiger partial charge in [-0.2, -0.15) is 0 Å². The molecule has 0 saturated carbocycles. The summed E-state index contributed by atoms with van der Waals surface area (Å²) in [6, 6.07) is 4.90. The van der Waals surface area contributed by atoms with Crippen molar-refractivity contribution in [2.45, 2.75) is 63.7 Å². The maximum atomic E-state index is 12.3. The van der Waals surface area contributed by atoms with E-state index in [-0.39, 0.29) is 10.6 Å². The van der Waals surface area contributed by atoms with Gasteiger partial charge >= 0.3 is 7.12 Å². The zero-order chi connectivity index (χ0) is 17.6. The maximum absolute atomic E-state index is 12.3. The Morgan fingerprint density at radius 3 is 2.17 bits per heavy atom. The van der Waals surface area contributed by atoms with Crippen LogP contribution in [-0.2, 0) is 19.1 Å². The van der Waals surface area contributed by atoms with Crippen LogP contribution in [0.15, 0.2) is 23.1 Å². The highest BCUT2D eigenvalue weighted by Crippen LogP contribution is 2.36. The van der Waals surface area contributed by atoms with Crippen molar-refractivity contribution in [3.63, 3.8) is 0 Å². The molecule has 0 aromatic heterocycles. The number of sulfone groups is 1. The van der Waals surface area contributed by atoms with Crippen molar-refractivity contribution < 1.29 is 22.8 Å². The average molecular weight is 340 g/mol. The van der Waals surface area contributed by atoms with E-state index in [0.29, 0.717) is 5.46 Å². The molecule has 2 rings (SSSR count). The zero-order valence-electron chi connectivity index (χ0n) is 14.6. The van der Waals surface area contributed by atoms with Crippen molar-refractivity contribution in [3.8, 4) is 0 Å². The van der Waals surface area contributed by atoms with Gasteiger partial charge in [-0.3, -0.25) is 0 Å². The van der Waals surface area contributed by atoms with Crippen LogP contribution in [0.25, 0.3) is 0 Å². The number of aliphatic hydroxyl groups excluding tert-OH is 1. The van der Waals surface area contributed by atoms with Crippen molar-refractivity contribution in [2.75, 3.05) is 5.75 Å². The predicted octanol–water partition coefficient (Wildman–Crippen LogP) is 1.45. The molecular weight excluding hydrogens is 315 g/mol. The van der Waals surface area contributed by atoms with Crippen molar-refractivity contribution in [1.29, 1.82) is 0 Å². The quantitative estimate of drug-likeness (QED) is 0.840. The molecule has 0 radical (unpaired) electrons. The molecule has 1 aliphatic rings. The van der Waals surface area contributed by atoms with Crippen molar-refractivity contribution in [3.05, 3.63) is 23.8 Å². The number of hydrogen-bond acceptors (Lipinski definition) is 5. The summed E-state index contributed by atoms with van der Waals surface area (Å²) in [4.78, 5) is 0.175. The Morgan fingerprint density at radius 2 is 1.70 bits per heavy atom. The van der Waals surface area contributed by atoms with Gasteiger partial charge in [-0.1, -0.05) is 11.6 Å². The van der Waals surface area contributed by atoms with Gasteiger partial charge in [0, 0.05) is 0 Å². The van der Waals surface area contributed by atoms with Gasteiger partial charge in [-0.15, -0.1) is 0 Å². The lowest BCUT2D eigenvalue weighted by molar-refractivity contribution is 0.00578. The second-order valence-electron chi connectivity index (χ2n) is 7.24. The van der Waals surface area contributed by atoms with Crippen LogP contribution >= 0.6 is 0 Å². The van der Waals surface area contributed by atoms with Crippen LogP contribution in [0.1, 0.15) is 40.2 Å². The lowest BCUT2D eigenvalue weighted by Crippen LogP contribution is -2.41. The molecule has 1 unspecified atom stereocenters. The summed E-state index contributed by atoms with van der Waals surface area (Å²) < 4.78 is 36.7. The first-order valence-corrected chi connectivity index (χ1v) is 9.38. The van der Waals surface area contributed by atoms with Crippen LogP contribution in [-0.4, -0.2) is 43.7 Å². The molecular formula is C16H25BO5S. The smallest absolute Gasteiger partial charge is 0.399 e. The van der Waals surface area contributed by atoms with Crippen molar-refractivity contribution >= 4 is 22.4 Å². The van der Waals surface area contributed by atoms with E-state index in [4.69, 9.17) is 9.31 Å². The van der Waals surface area contributed by atoms with Crippen molar-refractivity contribution in [2.24, 2.45) is 0 Å². The zero-order valence-corrected chi connectivity index (χ0v) is 15.4. The number of aryl methyl sites for hydroxylation is 1. The van der Waals surface area contributed by atoms with E-state index in [1.165, 1.54) is 6.92 Å². The Hall–Kier alpha value is -0.885. The summed E-state index contributed by atoms with van der Waals surface area (Å²) in [6.45, 7) is 11.2. The molecule has 7 heteroatoms. The molecule has 1 heterocycles. The van der Waals surface area contributed by atoms with E-state index in [2.05, 4.69) is 0 Å². The molecule has 1 aromatic rings. The molecule has 1 N–H and O–H groups in total. The summed E-state index contributed by atoms with van der Waals surface area (Å²) in [5.41, 5.74) is 0.631. The maximum Gasteiger partial charge on any atom is 0.495 e. The largest absolute Gasteiger partial charge is 0.495 e. The highest BCUT2D eigenvalue weighted by atomic mass is 32.2. The Bertz CT molecular complexity index is 678. The van der Waals surface area contributed by atoms with Gasteiger partial charge in [0.05, 0.1) is 28.0 Å². The lowest BCUT2D eigenvalue weighted by atomic mass is 9.76. The molecule has 0 amide bonds. The van der Waals surface area contributed by atoms with Gasteiger partial charge in [0.2, 0.25) is 0 Å². The molecule has 0 bridgehead atoms. The van der Waals surface area contributed by atoms with Gasteiger partial charge in [-0.25, -0.2) is 8.42 Å². The van der Waals surface area contributed by atoms with E-state index in [1.807, 2.05) is 34.6 Å².